The van der Waals surface area contributed by atoms with Gasteiger partial charge in [-0.2, -0.15) is 0 Å². The number of benzene rings is 1. The molecular weight excluding hydrogens is 318 g/mol. The van der Waals surface area contributed by atoms with Crippen molar-refractivity contribution in [1.29, 1.82) is 0 Å². The Morgan fingerprint density at radius 3 is 2.68 bits per heavy atom. The van der Waals surface area contributed by atoms with E-state index in [1.54, 1.807) is 0 Å². The Morgan fingerprint density at radius 1 is 1.37 bits per heavy atom. The smallest absolute Gasteiger partial charge is 0.182 e. The van der Waals surface area contributed by atoms with Crippen LogP contribution in [0.3, 0.4) is 0 Å². The van der Waals surface area contributed by atoms with Gasteiger partial charge in [-0.25, -0.2) is 8.78 Å². The molecule has 1 aliphatic heterocycles. The van der Waals surface area contributed by atoms with Crippen LogP contribution in [0.15, 0.2) is 10.5 Å². The molecule has 1 fully saturated rings. The molecule has 1 N–H and O–H groups in total. The van der Waals surface area contributed by atoms with Gasteiger partial charge in [-0.05, 0) is 28.4 Å². The summed E-state index contributed by atoms with van der Waals surface area (Å²) in [6, 6.07) is 1.34. The third kappa shape index (κ3) is 3.43. The molecule has 0 unspecified atom stereocenters. The van der Waals surface area contributed by atoms with Gasteiger partial charge in [-0.15, -0.1) is 0 Å². The Balaban J connectivity index is 2.10. The zero-order valence-electron chi connectivity index (χ0n) is 10.8. The SMILES string of the molecule is COc1c(CCN2CCNCC2)cc(F)c(Br)c1F. The maximum atomic E-state index is 13.9. The molecule has 1 saturated heterocycles. The second-order valence-corrected chi connectivity index (χ2v) is 5.31. The number of halogens is 3. The van der Waals surface area contributed by atoms with E-state index in [0.717, 1.165) is 32.7 Å². The number of piperazine rings is 1. The van der Waals surface area contributed by atoms with Gasteiger partial charge >= 0.3 is 0 Å². The molecule has 0 bridgehead atoms. The summed E-state index contributed by atoms with van der Waals surface area (Å²) in [4.78, 5) is 2.27. The van der Waals surface area contributed by atoms with Crippen molar-refractivity contribution in [2.45, 2.75) is 6.42 Å². The Hall–Kier alpha value is -0.720. The Bertz CT molecular complexity index is 451. The van der Waals surface area contributed by atoms with E-state index in [0.29, 0.717) is 12.0 Å². The summed E-state index contributed by atoms with van der Waals surface area (Å²) in [5, 5.41) is 3.27. The first-order chi connectivity index (χ1) is 9.13. The molecule has 19 heavy (non-hydrogen) atoms. The van der Waals surface area contributed by atoms with Gasteiger partial charge in [0.2, 0.25) is 0 Å². The van der Waals surface area contributed by atoms with Crippen molar-refractivity contribution in [3.8, 4) is 5.75 Å². The van der Waals surface area contributed by atoms with Crippen LogP contribution in [0.25, 0.3) is 0 Å². The second-order valence-electron chi connectivity index (χ2n) is 4.52. The number of hydrogen-bond acceptors (Lipinski definition) is 3. The third-order valence-corrected chi connectivity index (χ3v) is 4.03. The summed E-state index contributed by atoms with van der Waals surface area (Å²) < 4.78 is 32.3. The monoisotopic (exact) mass is 334 g/mol. The van der Waals surface area contributed by atoms with E-state index in [2.05, 4.69) is 26.1 Å². The minimum atomic E-state index is -0.669. The first-order valence-electron chi connectivity index (χ1n) is 6.27. The highest BCUT2D eigenvalue weighted by Crippen LogP contribution is 2.31. The number of ether oxygens (including phenoxy) is 1. The molecule has 1 aliphatic rings. The first-order valence-corrected chi connectivity index (χ1v) is 7.06. The van der Waals surface area contributed by atoms with Crippen molar-refractivity contribution in [1.82, 2.24) is 10.2 Å². The van der Waals surface area contributed by atoms with Crippen molar-refractivity contribution in [2.75, 3.05) is 39.8 Å². The first kappa shape index (κ1) is 14.7. The van der Waals surface area contributed by atoms with Gasteiger partial charge in [0.25, 0.3) is 0 Å². The van der Waals surface area contributed by atoms with Crippen LogP contribution in [-0.2, 0) is 6.42 Å². The minimum Gasteiger partial charge on any atom is -0.493 e. The number of methoxy groups -OCH3 is 1. The fourth-order valence-corrected chi connectivity index (χ4v) is 2.54. The lowest BCUT2D eigenvalue weighted by molar-refractivity contribution is 0.242. The second kappa shape index (κ2) is 6.63. The van der Waals surface area contributed by atoms with Crippen molar-refractivity contribution in [3.63, 3.8) is 0 Å². The van der Waals surface area contributed by atoms with Gasteiger partial charge in [0.05, 0.1) is 11.6 Å². The van der Waals surface area contributed by atoms with Gasteiger partial charge in [0, 0.05) is 38.3 Å². The van der Waals surface area contributed by atoms with Crippen LogP contribution in [-0.4, -0.2) is 44.7 Å². The highest BCUT2D eigenvalue weighted by atomic mass is 79.9. The molecule has 1 heterocycles. The van der Waals surface area contributed by atoms with Crippen LogP contribution in [0.4, 0.5) is 8.78 Å². The van der Waals surface area contributed by atoms with Crippen LogP contribution in [0.5, 0.6) is 5.75 Å². The lowest BCUT2D eigenvalue weighted by atomic mass is 10.1. The van der Waals surface area contributed by atoms with Gasteiger partial charge in [0.15, 0.2) is 11.6 Å². The third-order valence-electron chi connectivity index (χ3n) is 3.31. The van der Waals surface area contributed by atoms with Crippen LogP contribution in [0, 0.1) is 11.6 Å². The molecular formula is C13H17BrF2N2O. The molecule has 0 atom stereocenters. The average molecular weight is 335 g/mol. The van der Waals surface area contributed by atoms with Crippen LogP contribution < -0.4 is 10.1 Å². The zero-order valence-corrected chi connectivity index (χ0v) is 12.4. The quantitative estimate of drug-likeness (QED) is 0.854. The standard InChI is InChI=1S/C13H17BrF2N2O/c1-19-13-9(8-10(15)11(14)12(13)16)2-5-18-6-3-17-4-7-18/h8,17H,2-7H2,1H3. The molecule has 106 valence electrons. The normalized spacial score (nSPS) is 16.6. The highest BCUT2D eigenvalue weighted by Gasteiger charge is 2.18. The topological polar surface area (TPSA) is 24.5 Å². The molecule has 0 aliphatic carbocycles. The summed E-state index contributed by atoms with van der Waals surface area (Å²) in [6.07, 6.45) is 0.574. The average Bonchev–Trinajstić information content (AvgIpc) is 2.44. The Morgan fingerprint density at radius 2 is 2.05 bits per heavy atom. The highest BCUT2D eigenvalue weighted by molar-refractivity contribution is 9.10. The molecule has 1 aromatic carbocycles. The summed E-state index contributed by atoms with van der Waals surface area (Å²) >= 11 is 2.88. The van der Waals surface area contributed by atoms with Gasteiger partial charge < -0.3 is 15.0 Å². The summed E-state index contributed by atoms with van der Waals surface area (Å²) in [5.41, 5.74) is 0.569. The zero-order chi connectivity index (χ0) is 13.8. The predicted octanol–water partition coefficient (Wildman–Crippen LogP) is 2.18. The number of hydrogen-bond donors (Lipinski definition) is 1. The summed E-state index contributed by atoms with van der Waals surface area (Å²) in [6.45, 7) is 4.62. The largest absolute Gasteiger partial charge is 0.493 e. The van der Waals surface area contributed by atoms with E-state index >= 15 is 0 Å². The number of rotatable bonds is 4. The molecule has 6 heteroatoms. The maximum absolute atomic E-state index is 13.9. The fourth-order valence-electron chi connectivity index (χ4n) is 2.25. The molecule has 0 saturated carbocycles. The Kier molecular flexibility index (Phi) is 5.13. The van der Waals surface area contributed by atoms with E-state index < -0.39 is 11.6 Å². The molecule has 2 rings (SSSR count). The van der Waals surface area contributed by atoms with E-state index in [9.17, 15) is 8.78 Å². The van der Waals surface area contributed by atoms with Crippen molar-refractivity contribution in [2.24, 2.45) is 0 Å². The van der Waals surface area contributed by atoms with Crippen molar-refractivity contribution in [3.05, 3.63) is 27.7 Å². The molecule has 3 nitrogen and oxygen atoms in total. The van der Waals surface area contributed by atoms with Crippen LogP contribution in [0.2, 0.25) is 0 Å². The number of nitrogens with zero attached hydrogens (tertiary/aromatic N) is 1. The van der Waals surface area contributed by atoms with Gasteiger partial charge in [0.1, 0.15) is 5.82 Å². The molecule has 1 aromatic rings. The lowest BCUT2D eigenvalue weighted by Crippen LogP contribution is -2.44. The molecule has 0 spiro atoms. The predicted molar refractivity (Wildman–Crippen MR) is 73.6 cm³/mol. The molecule has 0 radical (unpaired) electrons. The van der Waals surface area contributed by atoms with E-state index in [1.165, 1.54) is 13.2 Å². The van der Waals surface area contributed by atoms with Crippen molar-refractivity contribution >= 4 is 15.9 Å². The van der Waals surface area contributed by atoms with Crippen LogP contribution >= 0.6 is 15.9 Å². The van der Waals surface area contributed by atoms with E-state index in [4.69, 9.17) is 4.74 Å². The lowest BCUT2D eigenvalue weighted by Gasteiger charge is -2.27. The fraction of sp³-hybridized carbons (Fsp3) is 0.538. The van der Waals surface area contributed by atoms with Crippen LogP contribution in [0.1, 0.15) is 5.56 Å². The summed E-state index contributed by atoms with van der Waals surface area (Å²) in [7, 11) is 1.40. The van der Waals surface area contributed by atoms with E-state index in [-0.39, 0.29) is 10.2 Å². The number of nitrogens with one attached hydrogen (secondary N) is 1. The Labute approximate surface area is 120 Å². The van der Waals surface area contributed by atoms with E-state index in [1.807, 2.05) is 0 Å². The molecule has 0 aromatic heterocycles. The van der Waals surface area contributed by atoms with Gasteiger partial charge in [-0.1, -0.05) is 0 Å². The van der Waals surface area contributed by atoms with Gasteiger partial charge in [-0.3, -0.25) is 0 Å². The minimum absolute atomic E-state index is 0.128. The molecule has 0 amide bonds. The van der Waals surface area contributed by atoms with Crippen molar-refractivity contribution < 1.29 is 13.5 Å². The maximum Gasteiger partial charge on any atom is 0.182 e. The summed E-state index contributed by atoms with van der Waals surface area (Å²) in [5.74, 6) is -1.13.